The van der Waals surface area contributed by atoms with Crippen molar-refractivity contribution in [2.45, 2.75) is 13.0 Å². The summed E-state index contributed by atoms with van der Waals surface area (Å²) in [5.41, 5.74) is 7.97. The lowest BCUT2D eigenvalue weighted by Gasteiger charge is -2.18. The van der Waals surface area contributed by atoms with Gasteiger partial charge in [-0.25, -0.2) is 4.79 Å². The number of halogens is 1. The van der Waals surface area contributed by atoms with Crippen LogP contribution in [0, 0.1) is 11.3 Å². The molecule has 0 amide bonds. The zero-order valence-electron chi connectivity index (χ0n) is 11.0. The van der Waals surface area contributed by atoms with E-state index in [2.05, 4.69) is 6.58 Å². The second-order valence-electron chi connectivity index (χ2n) is 4.64. The average Bonchev–Trinajstić information content (AvgIpc) is 2.68. The zero-order chi connectivity index (χ0) is 14.9. The Morgan fingerprint density at radius 2 is 2.25 bits per heavy atom. The molecule has 1 aliphatic rings. The molecular formula is C15H15ClN2O2. The van der Waals surface area contributed by atoms with Crippen LogP contribution in [0.5, 0.6) is 0 Å². The van der Waals surface area contributed by atoms with Crippen LogP contribution in [0.2, 0.25) is 5.02 Å². The highest BCUT2D eigenvalue weighted by atomic mass is 35.5. The van der Waals surface area contributed by atoms with Crippen LogP contribution in [-0.4, -0.2) is 12.2 Å². The standard InChI is InChI=1S/C15H15ClN2O2/c1-8-9(2)15(19)20-14(8)12-4-3-11(16)5-13(12)10(6-17)7-18/h3-8,14,17H,2,18H2,1H3/b10-7+,17-6?. The van der Waals surface area contributed by atoms with E-state index in [1.54, 1.807) is 18.2 Å². The van der Waals surface area contributed by atoms with E-state index in [-0.39, 0.29) is 5.92 Å². The molecule has 0 bridgehead atoms. The van der Waals surface area contributed by atoms with Crippen LogP contribution in [0.25, 0.3) is 5.57 Å². The Labute approximate surface area is 122 Å². The predicted octanol–water partition coefficient (Wildman–Crippen LogP) is 3.08. The summed E-state index contributed by atoms with van der Waals surface area (Å²) >= 11 is 6.01. The van der Waals surface area contributed by atoms with Crippen LogP contribution < -0.4 is 5.73 Å². The first-order chi connectivity index (χ1) is 9.49. The lowest BCUT2D eigenvalue weighted by atomic mass is 9.89. The van der Waals surface area contributed by atoms with E-state index < -0.39 is 12.1 Å². The van der Waals surface area contributed by atoms with E-state index in [1.165, 1.54) is 6.20 Å². The van der Waals surface area contributed by atoms with E-state index in [9.17, 15) is 4.79 Å². The van der Waals surface area contributed by atoms with Crippen molar-refractivity contribution in [1.82, 2.24) is 0 Å². The number of hydrogen-bond donors (Lipinski definition) is 2. The molecule has 104 valence electrons. The van der Waals surface area contributed by atoms with Crippen LogP contribution in [0.1, 0.15) is 24.2 Å². The van der Waals surface area contributed by atoms with Crippen LogP contribution in [0.15, 0.2) is 36.6 Å². The number of ether oxygens (including phenoxy) is 1. The number of allylic oxidation sites excluding steroid dienone is 1. The summed E-state index contributed by atoms with van der Waals surface area (Å²) in [4.78, 5) is 11.6. The Balaban J connectivity index is 2.55. The molecule has 1 aliphatic heterocycles. The average molecular weight is 291 g/mol. The molecule has 1 heterocycles. The minimum Gasteiger partial charge on any atom is -0.453 e. The molecule has 1 aromatic carbocycles. The highest BCUT2D eigenvalue weighted by molar-refractivity contribution is 6.31. The third kappa shape index (κ3) is 2.34. The van der Waals surface area contributed by atoms with Gasteiger partial charge in [-0.15, -0.1) is 0 Å². The van der Waals surface area contributed by atoms with Gasteiger partial charge in [0.1, 0.15) is 6.10 Å². The predicted molar refractivity (Wildman–Crippen MR) is 79.5 cm³/mol. The molecule has 0 radical (unpaired) electrons. The van der Waals surface area contributed by atoms with Gasteiger partial charge in [0.25, 0.3) is 0 Å². The third-order valence-electron chi connectivity index (χ3n) is 3.47. The largest absolute Gasteiger partial charge is 0.453 e. The van der Waals surface area contributed by atoms with Gasteiger partial charge in [-0.3, -0.25) is 0 Å². The van der Waals surface area contributed by atoms with E-state index in [1.807, 2.05) is 6.92 Å². The number of carbonyl (C=O) groups is 1. The first-order valence-electron chi connectivity index (χ1n) is 6.11. The van der Waals surface area contributed by atoms with Gasteiger partial charge in [-0.05, 0) is 17.7 Å². The van der Waals surface area contributed by atoms with Gasteiger partial charge in [0, 0.05) is 40.1 Å². The highest BCUT2D eigenvalue weighted by Crippen LogP contribution is 2.40. The smallest absolute Gasteiger partial charge is 0.334 e. The topological polar surface area (TPSA) is 76.2 Å². The normalized spacial score (nSPS) is 22.8. The van der Waals surface area contributed by atoms with E-state index in [4.69, 9.17) is 27.5 Å². The van der Waals surface area contributed by atoms with Crippen molar-refractivity contribution in [3.63, 3.8) is 0 Å². The van der Waals surface area contributed by atoms with Crippen molar-refractivity contribution in [2.75, 3.05) is 0 Å². The summed E-state index contributed by atoms with van der Waals surface area (Å²) in [5, 5.41) is 7.95. The molecule has 20 heavy (non-hydrogen) atoms. The van der Waals surface area contributed by atoms with Gasteiger partial charge in [0.05, 0.1) is 0 Å². The number of benzene rings is 1. The summed E-state index contributed by atoms with van der Waals surface area (Å²) in [6.07, 6.45) is 2.04. The molecular weight excluding hydrogens is 276 g/mol. The molecule has 5 heteroatoms. The molecule has 2 unspecified atom stereocenters. The quantitative estimate of drug-likeness (QED) is 0.510. The molecule has 2 atom stereocenters. The lowest BCUT2D eigenvalue weighted by Crippen LogP contribution is -2.08. The fraction of sp³-hybridized carbons (Fsp3) is 0.200. The van der Waals surface area contributed by atoms with Gasteiger partial charge < -0.3 is 15.9 Å². The molecule has 0 spiro atoms. The Morgan fingerprint density at radius 3 is 2.75 bits per heavy atom. The zero-order valence-corrected chi connectivity index (χ0v) is 11.8. The van der Waals surface area contributed by atoms with Crippen LogP contribution in [0.4, 0.5) is 0 Å². The number of nitrogens with two attached hydrogens (primary N) is 1. The molecule has 0 saturated carbocycles. The fourth-order valence-corrected chi connectivity index (χ4v) is 2.41. The number of carbonyl (C=O) groups excluding carboxylic acids is 1. The second kappa shape index (κ2) is 5.51. The van der Waals surface area contributed by atoms with E-state index in [0.29, 0.717) is 21.7 Å². The molecule has 0 aliphatic carbocycles. The summed E-state index contributed by atoms with van der Waals surface area (Å²) in [5.74, 6) is -0.524. The molecule has 2 rings (SSSR count). The maximum atomic E-state index is 11.6. The van der Waals surface area contributed by atoms with Crippen LogP contribution in [-0.2, 0) is 9.53 Å². The maximum absolute atomic E-state index is 11.6. The second-order valence-corrected chi connectivity index (χ2v) is 5.07. The SMILES string of the molecule is C=C1C(=O)OC(c2ccc(Cl)cc2/C(C=N)=C/N)C1C. The van der Waals surface area contributed by atoms with Crippen molar-refractivity contribution in [3.8, 4) is 0 Å². The Hall–Kier alpha value is -2.07. The Morgan fingerprint density at radius 1 is 1.55 bits per heavy atom. The first kappa shape index (κ1) is 14.3. The van der Waals surface area contributed by atoms with Crippen LogP contribution >= 0.6 is 11.6 Å². The van der Waals surface area contributed by atoms with Gasteiger partial charge in [-0.2, -0.15) is 0 Å². The van der Waals surface area contributed by atoms with Crippen molar-refractivity contribution in [3.05, 3.63) is 52.7 Å². The third-order valence-corrected chi connectivity index (χ3v) is 3.70. The summed E-state index contributed by atoms with van der Waals surface area (Å²) in [6.45, 7) is 5.62. The summed E-state index contributed by atoms with van der Waals surface area (Å²) in [6, 6.07) is 5.22. The van der Waals surface area contributed by atoms with Crippen molar-refractivity contribution in [1.29, 1.82) is 5.41 Å². The minimum atomic E-state index is -0.433. The molecule has 0 aromatic heterocycles. The van der Waals surface area contributed by atoms with Crippen molar-refractivity contribution in [2.24, 2.45) is 11.7 Å². The summed E-state index contributed by atoms with van der Waals surface area (Å²) in [7, 11) is 0. The first-order valence-corrected chi connectivity index (χ1v) is 6.49. The van der Waals surface area contributed by atoms with Gasteiger partial charge in [0.15, 0.2) is 0 Å². The number of esters is 1. The molecule has 1 fully saturated rings. The highest BCUT2D eigenvalue weighted by Gasteiger charge is 2.37. The minimum absolute atomic E-state index is 0.132. The van der Waals surface area contributed by atoms with Gasteiger partial charge in [-0.1, -0.05) is 31.2 Å². The molecule has 4 nitrogen and oxygen atoms in total. The van der Waals surface area contributed by atoms with Gasteiger partial charge >= 0.3 is 5.97 Å². The van der Waals surface area contributed by atoms with Crippen LogP contribution in [0.3, 0.4) is 0 Å². The van der Waals surface area contributed by atoms with E-state index >= 15 is 0 Å². The summed E-state index contributed by atoms with van der Waals surface area (Å²) < 4.78 is 5.37. The number of nitrogens with one attached hydrogen (secondary N) is 1. The molecule has 1 saturated heterocycles. The number of hydrogen-bond acceptors (Lipinski definition) is 4. The Bertz CT molecular complexity index is 622. The van der Waals surface area contributed by atoms with E-state index in [0.717, 1.165) is 11.8 Å². The fourth-order valence-electron chi connectivity index (χ4n) is 2.24. The lowest BCUT2D eigenvalue weighted by molar-refractivity contribution is -0.139. The molecule has 3 N–H and O–H groups in total. The number of cyclic esters (lactones) is 1. The monoisotopic (exact) mass is 290 g/mol. The number of rotatable bonds is 3. The maximum Gasteiger partial charge on any atom is 0.334 e. The van der Waals surface area contributed by atoms with Gasteiger partial charge in [0.2, 0.25) is 0 Å². The van der Waals surface area contributed by atoms with Crippen molar-refractivity contribution >= 4 is 29.4 Å². The Kier molecular flexibility index (Phi) is 3.95. The molecule has 1 aromatic rings. The van der Waals surface area contributed by atoms with Crippen molar-refractivity contribution < 1.29 is 9.53 Å².